The van der Waals surface area contributed by atoms with Crippen LogP contribution in [0.15, 0.2) is 36.4 Å². The first-order valence-electron chi connectivity index (χ1n) is 9.81. The fourth-order valence-corrected chi connectivity index (χ4v) is 5.10. The predicted molar refractivity (Wildman–Crippen MR) is 107 cm³/mol. The van der Waals surface area contributed by atoms with Gasteiger partial charge < -0.3 is 14.5 Å². The summed E-state index contributed by atoms with van der Waals surface area (Å²) in [6, 6.07) is 11.6. The van der Waals surface area contributed by atoms with Crippen molar-refractivity contribution in [2.75, 3.05) is 44.3 Å². The Morgan fingerprint density at radius 1 is 1.10 bits per heavy atom. The number of likely N-dealkylation sites (tertiary alicyclic amines) is 1. The maximum absolute atomic E-state index is 13.2. The van der Waals surface area contributed by atoms with E-state index in [1.54, 1.807) is 0 Å². The van der Waals surface area contributed by atoms with Crippen molar-refractivity contribution in [1.82, 2.24) is 4.90 Å². The summed E-state index contributed by atoms with van der Waals surface area (Å²) >= 11 is 1.37. The van der Waals surface area contributed by atoms with Crippen molar-refractivity contribution in [3.05, 3.63) is 41.3 Å². The molecule has 0 radical (unpaired) electrons. The summed E-state index contributed by atoms with van der Waals surface area (Å²) in [5.41, 5.74) is 1.95. The minimum atomic E-state index is -4.26. The number of benzene rings is 1. The largest absolute Gasteiger partial charge is 0.393 e. The molecule has 0 saturated carbocycles. The normalized spacial score (nSPS) is 20.7. The number of carbonyl (C=O) groups excluding carboxylic acids is 1. The smallest absolute Gasteiger partial charge is 0.378 e. The number of rotatable bonds is 3. The minimum Gasteiger partial charge on any atom is -0.378 e. The molecule has 4 nitrogen and oxygen atoms in total. The number of anilines is 1. The van der Waals surface area contributed by atoms with Gasteiger partial charge in [0.05, 0.1) is 29.0 Å². The van der Waals surface area contributed by atoms with E-state index < -0.39 is 12.1 Å². The molecule has 1 aromatic heterocycles. The lowest BCUT2D eigenvalue weighted by molar-refractivity contribution is -0.184. The number of alkyl halides is 3. The Bertz CT molecular complexity index is 847. The van der Waals surface area contributed by atoms with Crippen LogP contribution < -0.4 is 4.90 Å². The van der Waals surface area contributed by atoms with Gasteiger partial charge in [0.2, 0.25) is 0 Å². The summed E-state index contributed by atoms with van der Waals surface area (Å²) in [5, 5.41) is 0.979. The van der Waals surface area contributed by atoms with Crippen LogP contribution in [0.3, 0.4) is 0 Å². The van der Waals surface area contributed by atoms with Crippen molar-refractivity contribution in [3.63, 3.8) is 0 Å². The number of hydrogen-bond acceptors (Lipinski definition) is 4. The monoisotopic (exact) mass is 424 g/mol. The molecule has 156 valence electrons. The molecular formula is C21H23F3N2O2S. The second-order valence-corrected chi connectivity index (χ2v) is 8.46. The van der Waals surface area contributed by atoms with E-state index in [0.717, 1.165) is 29.2 Å². The SMILES string of the molecule is O=C(c1cc(-c2ccccc2)c(N2CCOCC2)s1)N1CCCC(C(F)(F)F)C1. The molecule has 2 aliphatic rings. The van der Waals surface area contributed by atoms with E-state index in [4.69, 9.17) is 4.74 Å². The van der Waals surface area contributed by atoms with Crippen molar-refractivity contribution in [1.29, 1.82) is 0 Å². The molecular weight excluding hydrogens is 401 g/mol. The second-order valence-electron chi connectivity index (χ2n) is 7.43. The summed E-state index contributed by atoms with van der Waals surface area (Å²) in [4.78, 5) is 17.1. The van der Waals surface area contributed by atoms with E-state index in [2.05, 4.69) is 4.90 Å². The summed E-state index contributed by atoms with van der Waals surface area (Å²) in [6.07, 6.45) is -3.79. The maximum atomic E-state index is 13.2. The van der Waals surface area contributed by atoms with Gasteiger partial charge in [-0.05, 0) is 24.5 Å². The number of halogens is 3. The quantitative estimate of drug-likeness (QED) is 0.718. The van der Waals surface area contributed by atoms with E-state index in [0.29, 0.717) is 31.1 Å². The van der Waals surface area contributed by atoms with Crippen molar-refractivity contribution in [3.8, 4) is 11.1 Å². The van der Waals surface area contributed by atoms with Crippen LogP contribution in [-0.2, 0) is 4.74 Å². The zero-order chi connectivity index (χ0) is 20.4. The standard InChI is InChI=1S/C21H23F3N2O2S/c22-21(23,24)16-7-4-8-26(14-16)19(27)18-13-17(15-5-2-1-3-6-15)20(29-18)25-9-11-28-12-10-25/h1-3,5-6,13,16H,4,7-12,14H2. The van der Waals surface area contributed by atoms with Crippen LogP contribution in [0.25, 0.3) is 11.1 Å². The van der Waals surface area contributed by atoms with Gasteiger partial charge in [0.25, 0.3) is 5.91 Å². The summed E-state index contributed by atoms with van der Waals surface area (Å²) in [7, 11) is 0. The third-order valence-electron chi connectivity index (χ3n) is 5.48. The fourth-order valence-electron chi connectivity index (χ4n) is 3.90. The Morgan fingerprint density at radius 2 is 1.83 bits per heavy atom. The zero-order valence-corrected chi connectivity index (χ0v) is 16.8. The first kappa shape index (κ1) is 20.2. The Hall–Kier alpha value is -2.06. The van der Waals surface area contributed by atoms with Crippen molar-refractivity contribution in [2.45, 2.75) is 19.0 Å². The van der Waals surface area contributed by atoms with Crippen LogP contribution in [0, 0.1) is 5.92 Å². The molecule has 8 heteroatoms. The molecule has 2 saturated heterocycles. The molecule has 0 bridgehead atoms. The number of piperidine rings is 1. The van der Waals surface area contributed by atoms with Crippen LogP contribution in [0.4, 0.5) is 18.2 Å². The van der Waals surface area contributed by atoms with Gasteiger partial charge in [-0.15, -0.1) is 11.3 Å². The number of hydrogen-bond donors (Lipinski definition) is 0. The maximum Gasteiger partial charge on any atom is 0.393 e. The van der Waals surface area contributed by atoms with Crippen molar-refractivity contribution >= 4 is 22.2 Å². The predicted octanol–water partition coefficient (Wildman–Crippen LogP) is 4.67. The van der Waals surface area contributed by atoms with E-state index in [1.807, 2.05) is 36.4 Å². The molecule has 2 aromatic rings. The third kappa shape index (κ3) is 4.43. The number of thiophene rings is 1. The van der Waals surface area contributed by atoms with Crippen molar-refractivity contribution in [2.24, 2.45) is 5.92 Å². The van der Waals surface area contributed by atoms with E-state index in [9.17, 15) is 18.0 Å². The van der Waals surface area contributed by atoms with Crippen molar-refractivity contribution < 1.29 is 22.7 Å². The molecule has 0 N–H and O–H groups in total. The van der Waals surface area contributed by atoms with Gasteiger partial charge in [-0.1, -0.05) is 30.3 Å². The second kappa shape index (κ2) is 8.36. The van der Waals surface area contributed by atoms with Gasteiger partial charge in [0.1, 0.15) is 0 Å². The van der Waals surface area contributed by atoms with Gasteiger partial charge in [-0.2, -0.15) is 13.2 Å². The number of morpholine rings is 1. The summed E-state index contributed by atoms with van der Waals surface area (Å²) in [5.74, 6) is -1.74. The Balaban J connectivity index is 1.63. The number of carbonyl (C=O) groups is 1. The van der Waals surface area contributed by atoms with Crippen LogP contribution >= 0.6 is 11.3 Å². The Labute approximate surface area is 171 Å². The number of nitrogens with zero attached hydrogens (tertiary/aromatic N) is 2. The molecule has 1 atom stereocenters. The highest BCUT2D eigenvalue weighted by Gasteiger charge is 2.43. The van der Waals surface area contributed by atoms with Gasteiger partial charge in [0, 0.05) is 31.7 Å². The molecule has 2 fully saturated rings. The molecule has 29 heavy (non-hydrogen) atoms. The average molecular weight is 424 g/mol. The summed E-state index contributed by atoms with van der Waals surface area (Å²) in [6.45, 7) is 2.82. The summed E-state index contributed by atoms with van der Waals surface area (Å²) < 4.78 is 44.9. The average Bonchev–Trinajstić information content (AvgIpc) is 3.19. The number of amides is 1. The Kier molecular flexibility index (Phi) is 5.83. The van der Waals surface area contributed by atoms with Gasteiger partial charge in [-0.3, -0.25) is 4.79 Å². The van der Waals surface area contributed by atoms with Crippen LogP contribution in [0.2, 0.25) is 0 Å². The Morgan fingerprint density at radius 3 is 2.52 bits per heavy atom. The molecule has 1 unspecified atom stereocenters. The molecule has 1 amide bonds. The first-order valence-corrected chi connectivity index (χ1v) is 10.6. The van der Waals surface area contributed by atoms with Gasteiger partial charge >= 0.3 is 6.18 Å². The van der Waals surface area contributed by atoms with Crippen LogP contribution in [0.5, 0.6) is 0 Å². The molecule has 4 rings (SSSR count). The topological polar surface area (TPSA) is 32.8 Å². The van der Waals surface area contributed by atoms with E-state index >= 15 is 0 Å². The molecule has 3 heterocycles. The number of ether oxygens (including phenoxy) is 1. The van der Waals surface area contributed by atoms with E-state index in [1.165, 1.54) is 16.2 Å². The highest BCUT2D eigenvalue weighted by Crippen LogP contribution is 2.41. The molecule has 1 aromatic carbocycles. The molecule has 0 spiro atoms. The lowest BCUT2D eigenvalue weighted by Gasteiger charge is -2.33. The zero-order valence-electron chi connectivity index (χ0n) is 16.0. The van der Waals surface area contributed by atoms with Gasteiger partial charge in [-0.25, -0.2) is 0 Å². The van der Waals surface area contributed by atoms with Gasteiger partial charge in [0.15, 0.2) is 0 Å². The van der Waals surface area contributed by atoms with Crippen LogP contribution in [-0.4, -0.2) is 56.4 Å². The highest BCUT2D eigenvalue weighted by molar-refractivity contribution is 7.18. The fraction of sp³-hybridized carbons (Fsp3) is 0.476. The third-order valence-corrected chi connectivity index (χ3v) is 6.66. The highest BCUT2D eigenvalue weighted by atomic mass is 32.1. The minimum absolute atomic E-state index is 0.0893. The lowest BCUT2D eigenvalue weighted by Crippen LogP contribution is -2.44. The first-order chi connectivity index (χ1) is 13.9. The van der Waals surface area contributed by atoms with Crippen LogP contribution in [0.1, 0.15) is 22.5 Å². The molecule has 2 aliphatic heterocycles. The lowest BCUT2D eigenvalue weighted by atomic mass is 9.97. The molecule has 0 aliphatic carbocycles. The van der Waals surface area contributed by atoms with E-state index in [-0.39, 0.29) is 18.9 Å².